The van der Waals surface area contributed by atoms with Crippen LogP contribution in [-0.4, -0.2) is 23.0 Å². The number of thiazole rings is 1. The van der Waals surface area contributed by atoms with E-state index >= 15 is 0 Å². The molecule has 2 heterocycles. The first-order valence-electron chi connectivity index (χ1n) is 7.66. The standard InChI is InChI=1S/C17H21N3OS/c1-12-19-15(11-22-12)13-6-5-7-14(10-13)20-16(21)17(2)8-3-4-9-18-17/h5-7,10-11,18H,3-4,8-9H2,1-2H3,(H,20,21). The Labute approximate surface area is 135 Å². The molecule has 1 unspecified atom stereocenters. The molecule has 22 heavy (non-hydrogen) atoms. The van der Waals surface area contributed by atoms with E-state index in [-0.39, 0.29) is 5.91 Å². The fourth-order valence-corrected chi connectivity index (χ4v) is 3.39. The fraction of sp³-hybridized carbons (Fsp3) is 0.412. The molecule has 1 amide bonds. The van der Waals surface area contributed by atoms with Crippen molar-refractivity contribution in [3.05, 3.63) is 34.7 Å². The summed E-state index contributed by atoms with van der Waals surface area (Å²) in [6, 6.07) is 7.88. The minimum Gasteiger partial charge on any atom is -0.324 e. The molecule has 1 aromatic carbocycles. The van der Waals surface area contributed by atoms with Gasteiger partial charge in [-0.05, 0) is 51.8 Å². The quantitative estimate of drug-likeness (QED) is 0.910. The lowest BCUT2D eigenvalue weighted by Gasteiger charge is -2.33. The number of amides is 1. The molecule has 1 saturated heterocycles. The van der Waals surface area contributed by atoms with Crippen LogP contribution in [0.4, 0.5) is 5.69 Å². The highest BCUT2D eigenvalue weighted by Gasteiger charge is 2.34. The third-order valence-electron chi connectivity index (χ3n) is 4.16. The maximum atomic E-state index is 12.6. The normalized spacial score (nSPS) is 21.5. The second kappa shape index (κ2) is 6.18. The minimum absolute atomic E-state index is 0.0406. The summed E-state index contributed by atoms with van der Waals surface area (Å²) in [6.07, 6.45) is 3.11. The molecular weight excluding hydrogens is 294 g/mol. The lowest BCUT2D eigenvalue weighted by molar-refractivity contribution is -0.122. The summed E-state index contributed by atoms with van der Waals surface area (Å²) >= 11 is 1.63. The topological polar surface area (TPSA) is 54.0 Å². The Hall–Kier alpha value is -1.72. The van der Waals surface area contributed by atoms with Gasteiger partial charge in [-0.25, -0.2) is 4.98 Å². The molecule has 1 atom stereocenters. The van der Waals surface area contributed by atoms with Crippen molar-refractivity contribution in [2.75, 3.05) is 11.9 Å². The van der Waals surface area contributed by atoms with E-state index in [1.165, 1.54) is 0 Å². The lowest BCUT2D eigenvalue weighted by atomic mass is 9.90. The SMILES string of the molecule is Cc1nc(-c2cccc(NC(=O)C3(C)CCCCN3)c2)cs1. The van der Waals surface area contributed by atoms with Crippen LogP contribution in [0, 0.1) is 6.92 Å². The maximum Gasteiger partial charge on any atom is 0.244 e. The van der Waals surface area contributed by atoms with Crippen molar-refractivity contribution >= 4 is 22.9 Å². The van der Waals surface area contributed by atoms with Gasteiger partial charge in [0.25, 0.3) is 0 Å². The summed E-state index contributed by atoms with van der Waals surface area (Å²) in [5, 5.41) is 9.47. The van der Waals surface area contributed by atoms with Gasteiger partial charge in [-0.3, -0.25) is 4.79 Å². The Bertz CT molecular complexity index is 674. The average Bonchev–Trinajstić information content (AvgIpc) is 2.95. The van der Waals surface area contributed by atoms with Gasteiger partial charge in [0.05, 0.1) is 16.2 Å². The van der Waals surface area contributed by atoms with E-state index in [1.807, 2.05) is 43.5 Å². The predicted octanol–water partition coefficient (Wildman–Crippen LogP) is 3.59. The van der Waals surface area contributed by atoms with Gasteiger partial charge in [-0.15, -0.1) is 11.3 Å². The summed E-state index contributed by atoms with van der Waals surface area (Å²) in [5.41, 5.74) is 2.34. The first kappa shape index (κ1) is 15.2. The van der Waals surface area contributed by atoms with Gasteiger partial charge < -0.3 is 10.6 Å². The van der Waals surface area contributed by atoms with Crippen LogP contribution < -0.4 is 10.6 Å². The molecule has 5 heteroatoms. The highest BCUT2D eigenvalue weighted by atomic mass is 32.1. The van der Waals surface area contributed by atoms with E-state index < -0.39 is 5.54 Å². The van der Waals surface area contributed by atoms with E-state index in [0.29, 0.717) is 0 Å². The molecule has 0 radical (unpaired) electrons. The van der Waals surface area contributed by atoms with Gasteiger partial charge in [0.15, 0.2) is 0 Å². The Morgan fingerprint density at radius 3 is 2.95 bits per heavy atom. The van der Waals surface area contributed by atoms with Gasteiger partial charge in [-0.2, -0.15) is 0 Å². The molecule has 1 aliphatic rings. The van der Waals surface area contributed by atoms with E-state index in [2.05, 4.69) is 15.6 Å². The monoisotopic (exact) mass is 315 g/mol. The molecule has 4 nitrogen and oxygen atoms in total. The molecule has 1 aromatic heterocycles. The van der Waals surface area contributed by atoms with Gasteiger partial charge >= 0.3 is 0 Å². The number of hydrogen-bond donors (Lipinski definition) is 2. The molecule has 0 spiro atoms. The smallest absolute Gasteiger partial charge is 0.244 e. The third kappa shape index (κ3) is 3.20. The Morgan fingerprint density at radius 1 is 1.41 bits per heavy atom. The molecule has 0 aliphatic carbocycles. The van der Waals surface area contributed by atoms with Crippen molar-refractivity contribution in [3.8, 4) is 11.3 Å². The highest BCUT2D eigenvalue weighted by Crippen LogP contribution is 2.25. The molecular formula is C17H21N3OS. The second-order valence-electron chi connectivity index (χ2n) is 6.00. The van der Waals surface area contributed by atoms with Gasteiger partial charge in [0, 0.05) is 16.6 Å². The van der Waals surface area contributed by atoms with Crippen LogP contribution in [0.2, 0.25) is 0 Å². The zero-order valence-corrected chi connectivity index (χ0v) is 13.8. The van der Waals surface area contributed by atoms with Gasteiger partial charge in [0.2, 0.25) is 5.91 Å². The fourth-order valence-electron chi connectivity index (χ4n) is 2.77. The number of benzene rings is 1. The molecule has 0 saturated carbocycles. The number of carbonyl (C=O) groups excluding carboxylic acids is 1. The zero-order valence-electron chi connectivity index (χ0n) is 13.0. The molecule has 2 N–H and O–H groups in total. The molecule has 1 aliphatic heterocycles. The van der Waals surface area contributed by atoms with Crippen LogP contribution in [0.15, 0.2) is 29.6 Å². The first-order valence-corrected chi connectivity index (χ1v) is 8.54. The lowest BCUT2D eigenvalue weighted by Crippen LogP contribution is -2.54. The predicted molar refractivity (Wildman–Crippen MR) is 91.2 cm³/mol. The number of aryl methyl sites for hydroxylation is 1. The van der Waals surface area contributed by atoms with E-state index in [0.717, 1.165) is 47.8 Å². The number of rotatable bonds is 3. The van der Waals surface area contributed by atoms with E-state index in [9.17, 15) is 4.79 Å². The summed E-state index contributed by atoms with van der Waals surface area (Å²) in [4.78, 5) is 17.1. The van der Waals surface area contributed by atoms with Crippen molar-refractivity contribution < 1.29 is 4.79 Å². The van der Waals surface area contributed by atoms with Crippen molar-refractivity contribution in [2.24, 2.45) is 0 Å². The maximum absolute atomic E-state index is 12.6. The zero-order chi connectivity index (χ0) is 15.6. The first-order chi connectivity index (χ1) is 10.6. The number of hydrogen-bond acceptors (Lipinski definition) is 4. The van der Waals surface area contributed by atoms with Crippen molar-refractivity contribution in [2.45, 2.75) is 38.6 Å². The summed E-state index contributed by atoms with van der Waals surface area (Å²) in [5.74, 6) is 0.0406. The van der Waals surface area contributed by atoms with Crippen LogP contribution >= 0.6 is 11.3 Å². The Kier molecular flexibility index (Phi) is 4.27. The van der Waals surface area contributed by atoms with Crippen molar-refractivity contribution in [3.63, 3.8) is 0 Å². The molecule has 116 valence electrons. The van der Waals surface area contributed by atoms with Gasteiger partial charge in [0.1, 0.15) is 0 Å². The average molecular weight is 315 g/mol. The third-order valence-corrected chi connectivity index (χ3v) is 4.93. The molecule has 1 fully saturated rings. The van der Waals surface area contributed by atoms with Crippen LogP contribution in [0.5, 0.6) is 0 Å². The van der Waals surface area contributed by atoms with Crippen LogP contribution in [-0.2, 0) is 4.79 Å². The Morgan fingerprint density at radius 2 is 2.27 bits per heavy atom. The van der Waals surface area contributed by atoms with E-state index in [4.69, 9.17) is 0 Å². The summed E-state index contributed by atoms with van der Waals surface area (Å²) < 4.78 is 0. The number of nitrogens with zero attached hydrogens (tertiary/aromatic N) is 1. The summed E-state index contributed by atoms with van der Waals surface area (Å²) in [7, 11) is 0. The number of nitrogens with one attached hydrogen (secondary N) is 2. The summed E-state index contributed by atoms with van der Waals surface area (Å²) in [6.45, 7) is 4.88. The van der Waals surface area contributed by atoms with Crippen molar-refractivity contribution in [1.82, 2.24) is 10.3 Å². The Balaban J connectivity index is 1.76. The van der Waals surface area contributed by atoms with E-state index in [1.54, 1.807) is 11.3 Å². The largest absolute Gasteiger partial charge is 0.324 e. The number of anilines is 1. The molecule has 3 rings (SSSR count). The van der Waals surface area contributed by atoms with Crippen LogP contribution in [0.25, 0.3) is 11.3 Å². The number of piperidine rings is 1. The highest BCUT2D eigenvalue weighted by molar-refractivity contribution is 7.09. The number of aromatic nitrogens is 1. The minimum atomic E-state index is -0.467. The number of carbonyl (C=O) groups is 1. The second-order valence-corrected chi connectivity index (χ2v) is 7.06. The molecule has 2 aromatic rings. The van der Waals surface area contributed by atoms with Crippen molar-refractivity contribution in [1.29, 1.82) is 0 Å². The van der Waals surface area contributed by atoms with Crippen LogP contribution in [0.1, 0.15) is 31.2 Å². The van der Waals surface area contributed by atoms with Gasteiger partial charge in [-0.1, -0.05) is 12.1 Å². The molecule has 0 bridgehead atoms. The van der Waals surface area contributed by atoms with Crippen LogP contribution in [0.3, 0.4) is 0 Å².